The maximum Gasteiger partial charge on any atom is 0.121 e. The smallest absolute Gasteiger partial charge is 0.121 e. The van der Waals surface area contributed by atoms with Crippen molar-refractivity contribution in [3.05, 3.63) is 29.5 Å². The third-order valence-corrected chi connectivity index (χ3v) is 2.27. The summed E-state index contributed by atoms with van der Waals surface area (Å²) in [5, 5.41) is 9.82. The number of aromatic nitrogens is 1. The summed E-state index contributed by atoms with van der Waals surface area (Å²) in [6, 6.07) is 7.78. The molecule has 0 saturated heterocycles. The van der Waals surface area contributed by atoms with Gasteiger partial charge in [-0.2, -0.15) is 5.26 Å². The third kappa shape index (κ3) is 1.21. The summed E-state index contributed by atoms with van der Waals surface area (Å²) in [6.07, 6.45) is 0. The molecule has 0 bridgehead atoms. The van der Waals surface area contributed by atoms with Crippen LogP contribution in [0.1, 0.15) is 11.3 Å². The van der Waals surface area contributed by atoms with Crippen LogP contribution < -0.4 is 4.74 Å². The van der Waals surface area contributed by atoms with E-state index in [1.807, 2.05) is 25.1 Å². The Balaban J connectivity index is 2.75. The van der Waals surface area contributed by atoms with Gasteiger partial charge in [0.1, 0.15) is 17.5 Å². The molecule has 1 aromatic heterocycles. The summed E-state index contributed by atoms with van der Waals surface area (Å²) in [7, 11) is 1.63. The fraction of sp³-hybridized carbons (Fsp3) is 0.182. The van der Waals surface area contributed by atoms with Crippen molar-refractivity contribution in [3.63, 3.8) is 0 Å². The van der Waals surface area contributed by atoms with Crippen molar-refractivity contribution in [2.75, 3.05) is 7.11 Å². The number of ether oxygens (including phenoxy) is 1. The Morgan fingerprint density at radius 1 is 1.36 bits per heavy atom. The lowest BCUT2D eigenvalue weighted by molar-refractivity contribution is 0.415. The monoisotopic (exact) mass is 186 g/mol. The molecule has 0 unspecified atom stereocenters. The minimum Gasteiger partial charge on any atom is -0.497 e. The zero-order chi connectivity index (χ0) is 10.1. The Hall–Kier alpha value is -1.95. The first-order chi connectivity index (χ1) is 6.74. The standard InChI is InChI=1S/C11H10N2O/c1-7-3-9(14-2)5-11-10(7)4-8(6-12)13-11/h3-5,13H,1-2H3. The van der Waals surface area contributed by atoms with Gasteiger partial charge in [-0.15, -0.1) is 0 Å². The van der Waals surface area contributed by atoms with Gasteiger partial charge in [0.25, 0.3) is 0 Å². The summed E-state index contributed by atoms with van der Waals surface area (Å²) in [6.45, 7) is 2.00. The van der Waals surface area contributed by atoms with Gasteiger partial charge in [-0.05, 0) is 24.6 Å². The van der Waals surface area contributed by atoms with Gasteiger partial charge >= 0.3 is 0 Å². The number of methoxy groups -OCH3 is 1. The van der Waals surface area contributed by atoms with Crippen LogP contribution in [0.3, 0.4) is 0 Å². The van der Waals surface area contributed by atoms with Crippen LogP contribution in [0.4, 0.5) is 0 Å². The second-order valence-electron chi connectivity index (χ2n) is 3.20. The van der Waals surface area contributed by atoms with Crippen LogP contribution in [0.5, 0.6) is 5.75 Å². The van der Waals surface area contributed by atoms with Gasteiger partial charge in [-0.3, -0.25) is 0 Å². The zero-order valence-corrected chi connectivity index (χ0v) is 8.09. The maximum atomic E-state index is 8.74. The van der Waals surface area contributed by atoms with Crippen LogP contribution in [0.15, 0.2) is 18.2 Å². The van der Waals surface area contributed by atoms with Gasteiger partial charge in [0.15, 0.2) is 0 Å². The maximum absolute atomic E-state index is 8.74. The average Bonchev–Trinajstić information content (AvgIpc) is 2.61. The number of rotatable bonds is 1. The lowest BCUT2D eigenvalue weighted by Gasteiger charge is -2.01. The molecule has 2 rings (SSSR count). The molecule has 1 heterocycles. The Kier molecular flexibility index (Phi) is 1.90. The Morgan fingerprint density at radius 3 is 2.79 bits per heavy atom. The molecule has 0 aliphatic rings. The fourth-order valence-corrected chi connectivity index (χ4v) is 1.56. The minimum atomic E-state index is 0.580. The number of nitriles is 1. The Bertz CT molecular complexity index is 520. The van der Waals surface area contributed by atoms with E-state index in [1.165, 1.54) is 0 Å². The summed E-state index contributed by atoms with van der Waals surface area (Å²) >= 11 is 0. The van der Waals surface area contributed by atoms with Gasteiger partial charge in [-0.1, -0.05) is 0 Å². The van der Waals surface area contributed by atoms with E-state index < -0.39 is 0 Å². The second-order valence-corrected chi connectivity index (χ2v) is 3.20. The van der Waals surface area contributed by atoms with Crippen molar-refractivity contribution in [1.82, 2.24) is 4.98 Å². The van der Waals surface area contributed by atoms with E-state index in [0.717, 1.165) is 22.2 Å². The van der Waals surface area contributed by atoms with Crippen molar-refractivity contribution in [3.8, 4) is 11.8 Å². The van der Waals surface area contributed by atoms with E-state index >= 15 is 0 Å². The molecular formula is C11H10N2O. The average molecular weight is 186 g/mol. The number of hydrogen-bond donors (Lipinski definition) is 1. The van der Waals surface area contributed by atoms with Crippen molar-refractivity contribution < 1.29 is 4.74 Å². The van der Waals surface area contributed by atoms with Gasteiger partial charge in [0.05, 0.1) is 12.6 Å². The van der Waals surface area contributed by atoms with Gasteiger partial charge < -0.3 is 9.72 Å². The molecule has 0 spiro atoms. The molecule has 0 saturated carbocycles. The first kappa shape index (κ1) is 8.64. The molecule has 0 aliphatic carbocycles. The van der Waals surface area contributed by atoms with Crippen LogP contribution >= 0.6 is 0 Å². The van der Waals surface area contributed by atoms with E-state index in [4.69, 9.17) is 10.00 Å². The largest absolute Gasteiger partial charge is 0.497 e. The first-order valence-corrected chi connectivity index (χ1v) is 4.32. The zero-order valence-electron chi connectivity index (χ0n) is 8.09. The minimum absolute atomic E-state index is 0.580. The molecule has 0 atom stereocenters. The highest BCUT2D eigenvalue weighted by atomic mass is 16.5. The van der Waals surface area contributed by atoms with Crippen molar-refractivity contribution in [1.29, 1.82) is 5.26 Å². The second kappa shape index (κ2) is 3.08. The van der Waals surface area contributed by atoms with Crippen LogP contribution in [0.2, 0.25) is 0 Å². The quantitative estimate of drug-likeness (QED) is 0.743. The summed E-state index contributed by atoms with van der Waals surface area (Å²) in [5.41, 5.74) is 2.63. The molecule has 1 aromatic carbocycles. The first-order valence-electron chi connectivity index (χ1n) is 4.32. The normalized spacial score (nSPS) is 10.1. The Morgan fingerprint density at radius 2 is 2.14 bits per heavy atom. The highest BCUT2D eigenvalue weighted by molar-refractivity contribution is 5.85. The van der Waals surface area contributed by atoms with Crippen LogP contribution in [0.25, 0.3) is 10.9 Å². The SMILES string of the molecule is COc1cc(C)c2cc(C#N)[nH]c2c1. The van der Waals surface area contributed by atoms with Crippen molar-refractivity contribution in [2.24, 2.45) is 0 Å². The third-order valence-electron chi connectivity index (χ3n) is 2.27. The van der Waals surface area contributed by atoms with Crippen LogP contribution in [-0.4, -0.2) is 12.1 Å². The highest BCUT2D eigenvalue weighted by Crippen LogP contribution is 2.24. The predicted octanol–water partition coefficient (Wildman–Crippen LogP) is 2.36. The van der Waals surface area contributed by atoms with Crippen LogP contribution in [-0.2, 0) is 0 Å². The lowest BCUT2D eigenvalue weighted by atomic mass is 10.1. The van der Waals surface area contributed by atoms with Crippen molar-refractivity contribution in [2.45, 2.75) is 6.92 Å². The van der Waals surface area contributed by atoms with E-state index in [-0.39, 0.29) is 0 Å². The van der Waals surface area contributed by atoms with Gasteiger partial charge in [-0.25, -0.2) is 0 Å². The van der Waals surface area contributed by atoms with Crippen molar-refractivity contribution >= 4 is 10.9 Å². The molecule has 14 heavy (non-hydrogen) atoms. The summed E-state index contributed by atoms with van der Waals surface area (Å²) in [4.78, 5) is 3.02. The number of fused-ring (bicyclic) bond motifs is 1. The summed E-state index contributed by atoms with van der Waals surface area (Å²) in [5.74, 6) is 0.807. The van der Waals surface area contributed by atoms with E-state index in [1.54, 1.807) is 7.11 Å². The lowest BCUT2D eigenvalue weighted by Crippen LogP contribution is -1.84. The number of aryl methyl sites for hydroxylation is 1. The highest BCUT2D eigenvalue weighted by Gasteiger charge is 2.04. The molecule has 0 aliphatic heterocycles. The Labute approximate surface area is 81.9 Å². The number of aromatic amines is 1. The van der Waals surface area contributed by atoms with E-state index in [0.29, 0.717) is 5.69 Å². The molecule has 1 N–H and O–H groups in total. The molecule has 70 valence electrons. The molecular weight excluding hydrogens is 176 g/mol. The molecule has 3 nitrogen and oxygen atoms in total. The number of nitrogens with zero attached hydrogens (tertiary/aromatic N) is 1. The topological polar surface area (TPSA) is 48.8 Å². The molecule has 3 heteroatoms. The molecule has 0 fully saturated rings. The van der Waals surface area contributed by atoms with Crippen LogP contribution in [0, 0.1) is 18.3 Å². The van der Waals surface area contributed by atoms with E-state index in [9.17, 15) is 0 Å². The number of nitrogens with one attached hydrogen (secondary N) is 1. The summed E-state index contributed by atoms with van der Waals surface area (Å²) < 4.78 is 5.14. The number of hydrogen-bond acceptors (Lipinski definition) is 2. The van der Waals surface area contributed by atoms with Gasteiger partial charge in [0, 0.05) is 11.5 Å². The molecule has 0 amide bonds. The van der Waals surface area contributed by atoms with E-state index in [2.05, 4.69) is 11.1 Å². The predicted molar refractivity (Wildman–Crippen MR) is 54.3 cm³/mol. The molecule has 0 radical (unpaired) electrons. The fourth-order valence-electron chi connectivity index (χ4n) is 1.56. The number of H-pyrrole nitrogens is 1. The molecule has 2 aromatic rings. The van der Waals surface area contributed by atoms with Gasteiger partial charge in [0.2, 0.25) is 0 Å². The number of benzene rings is 1.